The molecule has 0 aromatic heterocycles. The summed E-state index contributed by atoms with van der Waals surface area (Å²) < 4.78 is 32.5. The maximum atomic E-state index is 14.8. The van der Waals surface area contributed by atoms with Crippen molar-refractivity contribution in [2.24, 2.45) is 5.73 Å². The van der Waals surface area contributed by atoms with Crippen molar-refractivity contribution in [1.82, 2.24) is 10.2 Å². The van der Waals surface area contributed by atoms with Gasteiger partial charge in [-0.05, 0) is 89.2 Å². The summed E-state index contributed by atoms with van der Waals surface area (Å²) in [6.45, 7) is 2.16. The molecule has 45 heavy (non-hydrogen) atoms. The fraction of sp³-hybridized carbons (Fsp3) is 0.278. The second-order valence-corrected chi connectivity index (χ2v) is 11.2. The Balaban J connectivity index is 1.35. The van der Waals surface area contributed by atoms with E-state index in [0.717, 1.165) is 22.3 Å². The molecular formula is C36H36FN3O5. The Morgan fingerprint density at radius 2 is 1.91 bits per heavy atom. The SMILES string of the molecule is NCCOc1cccc(CC(=O)N2CCc3cc4ccc3C2c2cccc(c2)OCCCNC(=O)Cc2ccc(F)c(c2)O4)c1. The van der Waals surface area contributed by atoms with E-state index >= 15 is 0 Å². The van der Waals surface area contributed by atoms with Crippen LogP contribution in [0.25, 0.3) is 0 Å². The minimum Gasteiger partial charge on any atom is -0.494 e. The molecule has 8 bridgehead atoms. The molecule has 7 rings (SSSR count). The molecule has 0 fully saturated rings. The minimum atomic E-state index is -0.510. The van der Waals surface area contributed by atoms with Crippen LogP contribution in [-0.2, 0) is 28.9 Å². The van der Waals surface area contributed by atoms with Gasteiger partial charge in [0, 0.05) is 19.6 Å². The van der Waals surface area contributed by atoms with Crippen LogP contribution in [0.15, 0.2) is 84.9 Å². The number of hydrogen-bond donors (Lipinski definition) is 2. The molecule has 0 saturated heterocycles. The molecule has 8 nitrogen and oxygen atoms in total. The Morgan fingerprint density at radius 1 is 1.02 bits per heavy atom. The zero-order chi connectivity index (χ0) is 31.2. The van der Waals surface area contributed by atoms with E-state index in [1.807, 2.05) is 65.6 Å². The lowest BCUT2D eigenvalue weighted by Gasteiger charge is -2.38. The Morgan fingerprint density at radius 3 is 2.80 bits per heavy atom. The average Bonchev–Trinajstić information content (AvgIpc) is 3.04. The molecular weight excluding hydrogens is 573 g/mol. The first kappa shape index (κ1) is 30.1. The zero-order valence-corrected chi connectivity index (χ0v) is 25.0. The van der Waals surface area contributed by atoms with Gasteiger partial charge in [-0.1, -0.05) is 36.4 Å². The van der Waals surface area contributed by atoms with Gasteiger partial charge in [0.15, 0.2) is 11.6 Å². The predicted octanol–water partition coefficient (Wildman–Crippen LogP) is 5.11. The molecule has 3 aliphatic rings. The molecule has 0 radical (unpaired) electrons. The molecule has 9 heteroatoms. The lowest BCUT2D eigenvalue weighted by Crippen LogP contribution is -2.41. The number of rotatable bonds is 5. The summed E-state index contributed by atoms with van der Waals surface area (Å²) in [6, 6.07) is 25.1. The van der Waals surface area contributed by atoms with Crippen molar-refractivity contribution in [1.29, 1.82) is 0 Å². The van der Waals surface area contributed by atoms with Crippen LogP contribution < -0.4 is 25.3 Å². The zero-order valence-electron chi connectivity index (χ0n) is 25.0. The highest BCUT2D eigenvalue weighted by Gasteiger charge is 2.33. The van der Waals surface area contributed by atoms with E-state index in [-0.39, 0.29) is 36.4 Å². The van der Waals surface area contributed by atoms with E-state index in [0.29, 0.717) is 68.5 Å². The molecule has 0 spiro atoms. The lowest BCUT2D eigenvalue weighted by atomic mass is 9.87. The third kappa shape index (κ3) is 7.26. The molecule has 0 aliphatic carbocycles. The average molecular weight is 610 g/mol. The summed E-state index contributed by atoms with van der Waals surface area (Å²) >= 11 is 0. The topological polar surface area (TPSA) is 103 Å². The third-order valence-corrected chi connectivity index (χ3v) is 7.98. The number of fused-ring (bicyclic) bond motifs is 7. The van der Waals surface area contributed by atoms with Crippen molar-refractivity contribution in [2.45, 2.75) is 31.7 Å². The fourth-order valence-corrected chi connectivity index (χ4v) is 5.87. The van der Waals surface area contributed by atoms with Crippen molar-refractivity contribution >= 4 is 11.8 Å². The monoisotopic (exact) mass is 609 g/mol. The van der Waals surface area contributed by atoms with E-state index in [1.54, 1.807) is 18.2 Å². The Bertz CT molecular complexity index is 1690. The van der Waals surface area contributed by atoms with Crippen LogP contribution in [0, 0.1) is 5.82 Å². The Labute approximate surface area is 261 Å². The predicted molar refractivity (Wildman–Crippen MR) is 168 cm³/mol. The number of benzene rings is 4. The number of nitrogens with zero attached hydrogens (tertiary/aromatic N) is 1. The first-order valence-corrected chi connectivity index (χ1v) is 15.3. The third-order valence-electron chi connectivity index (χ3n) is 7.98. The largest absolute Gasteiger partial charge is 0.494 e. The van der Waals surface area contributed by atoms with Gasteiger partial charge in [0.1, 0.15) is 23.9 Å². The van der Waals surface area contributed by atoms with Crippen LogP contribution in [0.4, 0.5) is 4.39 Å². The number of ether oxygens (including phenoxy) is 3. The number of hydrogen-bond acceptors (Lipinski definition) is 6. The van der Waals surface area contributed by atoms with Crippen LogP contribution in [0.2, 0.25) is 0 Å². The van der Waals surface area contributed by atoms with E-state index in [4.69, 9.17) is 19.9 Å². The summed E-state index contributed by atoms with van der Waals surface area (Å²) in [5.41, 5.74) is 10.00. The van der Waals surface area contributed by atoms with Crippen LogP contribution in [0.1, 0.15) is 40.3 Å². The normalized spacial score (nSPS) is 16.4. The van der Waals surface area contributed by atoms with Crippen molar-refractivity contribution < 1.29 is 28.2 Å². The molecule has 4 aromatic rings. The van der Waals surface area contributed by atoms with Crippen molar-refractivity contribution in [3.63, 3.8) is 0 Å². The van der Waals surface area contributed by atoms with Gasteiger partial charge in [-0.3, -0.25) is 9.59 Å². The number of amides is 2. The van der Waals surface area contributed by atoms with Gasteiger partial charge in [0.25, 0.3) is 0 Å². The first-order valence-electron chi connectivity index (χ1n) is 15.3. The summed E-state index contributed by atoms with van der Waals surface area (Å²) in [7, 11) is 0. The molecule has 1 atom stereocenters. The van der Waals surface area contributed by atoms with Crippen molar-refractivity contribution in [3.05, 3.63) is 119 Å². The maximum Gasteiger partial charge on any atom is 0.227 e. The van der Waals surface area contributed by atoms with Crippen LogP contribution in [0.3, 0.4) is 0 Å². The van der Waals surface area contributed by atoms with Gasteiger partial charge in [-0.25, -0.2) is 4.39 Å². The van der Waals surface area contributed by atoms with E-state index in [9.17, 15) is 14.0 Å². The van der Waals surface area contributed by atoms with Gasteiger partial charge in [-0.2, -0.15) is 0 Å². The van der Waals surface area contributed by atoms with Gasteiger partial charge in [-0.15, -0.1) is 0 Å². The summed E-state index contributed by atoms with van der Waals surface area (Å²) in [5.74, 6) is 1.23. The highest BCUT2D eigenvalue weighted by atomic mass is 19.1. The second-order valence-electron chi connectivity index (χ2n) is 11.2. The highest BCUT2D eigenvalue weighted by molar-refractivity contribution is 5.80. The summed E-state index contributed by atoms with van der Waals surface area (Å²) in [4.78, 5) is 28.4. The molecule has 0 saturated carbocycles. The standard InChI is InChI=1S/C36H36FN3O5/c37-32-11-8-25-19-33(32)45-30-9-10-31-26(22-30)12-15-40(35(42)21-24-4-1-6-28(18-24)44-17-13-38)36(31)27-5-2-7-29(23-27)43-16-3-14-39-34(41)20-25/h1-2,4-11,18-19,22-23,36H,3,12-17,20-21,38H2,(H,39,41). The fourth-order valence-electron chi connectivity index (χ4n) is 5.87. The van der Waals surface area contributed by atoms with Gasteiger partial charge in [0.2, 0.25) is 11.8 Å². The number of carbonyl (C=O) groups is 2. The van der Waals surface area contributed by atoms with E-state index in [1.165, 1.54) is 6.07 Å². The Kier molecular flexibility index (Phi) is 9.26. The molecule has 1 unspecified atom stereocenters. The minimum absolute atomic E-state index is 0.0127. The molecule has 3 heterocycles. The van der Waals surface area contributed by atoms with Crippen LogP contribution in [0.5, 0.6) is 23.0 Å². The van der Waals surface area contributed by atoms with Crippen LogP contribution >= 0.6 is 0 Å². The van der Waals surface area contributed by atoms with Crippen molar-refractivity contribution in [2.75, 3.05) is 32.8 Å². The number of nitrogens with one attached hydrogen (secondary N) is 1. The molecule has 4 aromatic carbocycles. The van der Waals surface area contributed by atoms with Gasteiger partial charge >= 0.3 is 0 Å². The quantitative estimate of drug-likeness (QED) is 0.326. The second kappa shape index (κ2) is 13.8. The lowest BCUT2D eigenvalue weighted by molar-refractivity contribution is -0.132. The van der Waals surface area contributed by atoms with E-state index in [2.05, 4.69) is 5.32 Å². The van der Waals surface area contributed by atoms with Crippen molar-refractivity contribution in [3.8, 4) is 23.0 Å². The van der Waals surface area contributed by atoms with Gasteiger partial charge < -0.3 is 30.2 Å². The molecule has 3 aliphatic heterocycles. The van der Waals surface area contributed by atoms with Gasteiger partial charge in [0.05, 0.1) is 25.5 Å². The first-order chi connectivity index (χ1) is 22.0. The van der Waals surface area contributed by atoms with E-state index < -0.39 is 5.82 Å². The highest BCUT2D eigenvalue weighted by Crippen LogP contribution is 2.39. The summed E-state index contributed by atoms with van der Waals surface area (Å²) in [5, 5.41) is 2.90. The molecule has 232 valence electrons. The maximum absolute atomic E-state index is 14.8. The number of carbonyl (C=O) groups excluding carboxylic acids is 2. The van der Waals surface area contributed by atoms with Crippen LogP contribution in [-0.4, -0.2) is 49.6 Å². The Hall–Kier alpha value is -4.89. The number of nitrogens with two attached hydrogens (primary N) is 1. The number of halogens is 1. The summed E-state index contributed by atoms with van der Waals surface area (Å²) in [6.07, 6.45) is 1.54. The molecule has 2 amide bonds. The molecule has 3 N–H and O–H groups in total. The smallest absolute Gasteiger partial charge is 0.227 e.